The summed E-state index contributed by atoms with van der Waals surface area (Å²) in [6.07, 6.45) is 0. The van der Waals surface area contributed by atoms with Gasteiger partial charge in [0.25, 0.3) is 0 Å². The van der Waals surface area contributed by atoms with Crippen molar-refractivity contribution in [1.29, 1.82) is 0 Å². The maximum atomic E-state index is 8.51. The summed E-state index contributed by atoms with van der Waals surface area (Å²) in [7, 11) is -1.75. The monoisotopic (exact) mass is 866 g/mol. The number of benzene rings is 7. The Morgan fingerprint density at radius 3 is 0.771 bits per heavy atom. The van der Waals surface area contributed by atoms with Crippen LogP contribution < -0.4 is 31.8 Å². The Balaban J connectivity index is 0.000000170. The fraction of sp³-hybridized carbons (Fsp3) is 0.0233. The molecule has 7 aromatic carbocycles. The predicted molar refractivity (Wildman–Crippen MR) is 218 cm³/mol. The Morgan fingerprint density at radius 1 is 0.375 bits per heavy atom. The molecule has 0 aliphatic heterocycles. The molecule has 0 amide bonds. The van der Waals surface area contributed by atoms with Crippen LogP contribution in [0.4, 0.5) is 0 Å². The molecular weight excluding hydrogens is 828 g/mol. The quantitative estimate of drug-likeness (QED) is 0.0742. The van der Waals surface area contributed by atoms with Gasteiger partial charge in [-0.1, -0.05) is 109 Å². The van der Waals surface area contributed by atoms with Crippen LogP contribution in [0.5, 0.6) is 0 Å². The third kappa shape index (κ3) is 12.0. The molecule has 1 nitrogen and oxygen atoms in total. The Bertz CT molecular complexity index is 1490. The van der Waals surface area contributed by atoms with Gasteiger partial charge in [0.15, 0.2) is 0 Å². The average Bonchev–Trinajstić information content (AvgIpc) is 3.19. The van der Waals surface area contributed by atoms with Gasteiger partial charge in [0.2, 0.25) is 0 Å². The van der Waals surface area contributed by atoms with E-state index in [2.05, 4.69) is 204 Å². The fourth-order valence-electron chi connectivity index (χ4n) is 5.16. The number of aliphatic hydroxyl groups excluding tert-OH is 1. The normalized spacial score (nSPS) is 10.0. The molecule has 0 bridgehead atoms. The molecule has 0 saturated heterocycles. The van der Waals surface area contributed by atoms with Gasteiger partial charge >= 0.3 is 35.1 Å². The zero-order chi connectivity index (χ0) is 33.7. The van der Waals surface area contributed by atoms with Crippen molar-refractivity contribution in [3.05, 3.63) is 218 Å². The molecule has 0 spiro atoms. The molecule has 0 aliphatic rings. The van der Waals surface area contributed by atoms with Crippen molar-refractivity contribution in [3.63, 3.8) is 0 Å². The van der Waals surface area contributed by atoms with Crippen LogP contribution in [0, 0.1) is 6.07 Å². The van der Waals surface area contributed by atoms with Gasteiger partial charge < -0.3 is 5.11 Å². The summed E-state index contributed by atoms with van der Waals surface area (Å²) in [4.78, 5) is 0. The van der Waals surface area contributed by atoms with Crippen LogP contribution >= 0.6 is 35.4 Å². The van der Waals surface area contributed by atoms with Crippen molar-refractivity contribution in [1.82, 2.24) is 0 Å². The van der Waals surface area contributed by atoms with Crippen molar-refractivity contribution in [2.24, 2.45) is 0 Å². The smallest absolute Gasteiger partial charge is 0.0620 e. The molecule has 0 radical (unpaired) electrons. The summed E-state index contributed by atoms with van der Waals surface area (Å²) in [5, 5.41) is 17.1. The van der Waals surface area contributed by atoms with Gasteiger partial charge in [-0.05, 0) is 72.8 Å². The standard InChI is InChI=1S/2C18H15P.C7H7O.HI.Pd/c2*1-4-10-16(11-5-1)19(17-12-6-2-7-13-17)18-14-8-3-9-15-18;8-6-7-4-2-1-3-5-7;;/h2*1-15H;1-4,8H,6H2;1H;/q;;-1;;+2/p+1. The summed E-state index contributed by atoms with van der Waals surface area (Å²) in [6, 6.07) is 75.2. The molecular formula is C43H39IOP2Pd+2. The maximum Gasteiger partial charge on any atom is 0.102 e. The van der Waals surface area contributed by atoms with E-state index in [9.17, 15) is 0 Å². The zero-order valence-corrected chi connectivity index (χ0v) is 32.2. The van der Waals surface area contributed by atoms with Crippen LogP contribution in [0.2, 0.25) is 0 Å². The molecule has 0 aromatic heterocycles. The Kier molecular flexibility index (Phi) is 17.5. The molecule has 242 valence electrons. The molecule has 5 heteroatoms. The van der Waals surface area contributed by atoms with Crippen LogP contribution in [0.25, 0.3) is 0 Å². The zero-order valence-electron chi connectivity index (χ0n) is 26.5. The summed E-state index contributed by atoms with van der Waals surface area (Å²) < 4.78 is 0. The van der Waals surface area contributed by atoms with Crippen molar-refractivity contribution in [2.75, 3.05) is 0 Å². The van der Waals surface area contributed by atoms with Gasteiger partial charge in [-0.2, -0.15) is 30.3 Å². The molecule has 0 heterocycles. The molecule has 0 unspecified atom stereocenters. The molecule has 7 rings (SSSR count). The Morgan fingerprint density at radius 2 is 0.604 bits per heavy atom. The minimum absolute atomic E-state index is 0.0842. The van der Waals surface area contributed by atoms with Crippen molar-refractivity contribution in [2.45, 2.75) is 6.61 Å². The van der Waals surface area contributed by atoms with E-state index in [-0.39, 0.29) is 6.61 Å². The number of halogens is 1. The predicted octanol–water partition coefficient (Wildman–Crippen LogP) is 8.22. The van der Waals surface area contributed by atoms with Crippen molar-refractivity contribution in [3.8, 4) is 0 Å². The van der Waals surface area contributed by atoms with Gasteiger partial charge in [-0.15, -0.1) is 5.56 Å². The van der Waals surface area contributed by atoms with E-state index in [1.807, 2.05) is 37.7 Å². The average molecular weight is 867 g/mol. The first-order chi connectivity index (χ1) is 23.8. The molecule has 0 fully saturated rings. The van der Waals surface area contributed by atoms with Crippen molar-refractivity contribution >= 4 is 67.2 Å². The van der Waals surface area contributed by atoms with Gasteiger partial charge in [0, 0.05) is 6.61 Å². The molecule has 0 saturated carbocycles. The Labute approximate surface area is 310 Å². The van der Waals surface area contributed by atoms with E-state index in [1.54, 1.807) is 6.07 Å². The summed E-state index contributed by atoms with van der Waals surface area (Å²) in [5.74, 6) is 0. The van der Waals surface area contributed by atoms with Crippen LogP contribution in [-0.4, -0.2) is 5.11 Å². The Hall–Kier alpha value is -3.25. The second-order valence-corrected chi connectivity index (χ2v) is 15.5. The first-order valence-corrected chi connectivity index (χ1v) is 23.2. The van der Waals surface area contributed by atoms with E-state index in [0.717, 1.165) is 5.56 Å². The van der Waals surface area contributed by atoms with E-state index in [4.69, 9.17) is 5.11 Å². The number of aliphatic hydroxyl groups is 1. The third-order valence-corrected chi connectivity index (χ3v) is 12.8. The summed E-state index contributed by atoms with van der Waals surface area (Å²) in [6.45, 7) is 0.0842. The molecule has 0 atom stereocenters. The van der Waals surface area contributed by atoms with E-state index in [0.29, 0.717) is 0 Å². The topological polar surface area (TPSA) is 20.2 Å². The first kappa shape index (κ1) is 37.6. The minimum Gasteiger partial charge on any atom is -0.0620 e. The van der Waals surface area contributed by atoms with Gasteiger partial charge in [-0.3, -0.25) is 0 Å². The van der Waals surface area contributed by atoms with Gasteiger partial charge in [0.1, 0.15) is 31.8 Å². The van der Waals surface area contributed by atoms with E-state index < -0.39 is 15.8 Å². The second kappa shape index (κ2) is 22.4. The molecule has 0 aliphatic carbocycles. The number of hydrogen-bond donors (Lipinski definition) is 1. The number of hydrogen-bond acceptors (Lipinski definition) is 1. The van der Waals surface area contributed by atoms with E-state index in [1.165, 1.54) is 31.8 Å². The molecule has 48 heavy (non-hydrogen) atoms. The summed E-state index contributed by atoms with van der Waals surface area (Å²) in [5.41, 5.74) is 0.840. The van der Waals surface area contributed by atoms with Crippen LogP contribution in [0.3, 0.4) is 0 Å². The second-order valence-electron chi connectivity index (χ2n) is 10.5. The minimum atomic E-state index is -0.877. The van der Waals surface area contributed by atoms with E-state index >= 15 is 0 Å². The van der Waals surface area contributed by atoms with Crippen LogP contribution in [0.1, 0.15) is 5.56 Å². The number of rotatable bonds is 7. The maximum absolute atomic E-state index is 8.51. The largest absolute Gasteiger partial charge is 0.102 e. The molecule has 7 aromatic rings. The van der Waals surface area contributed by atoms with Gasteiger partial charge in [0.05, 0.1) is 15.8 Å². The van der Waals surface area contributed by atoms with Crippen molar-refractivity contribution < 1.29 is 20.7 Å². The van der Waals surface area contributed by atoms with Crippen LogP contribution in [-0.2, 0) is 22.2 Å². The third-order valence-electron chi connectivity index (χ3n) is 7.32. The van der Waals surface area contributed by atoms with Crippen LogP contribution in [0.15, 0.2) is 206 Å². The summed E-state index contributed by atoms with van der Waals surface area (Å²) >= 11 is 4.72. The van der Waals surface area contributed by atoms with Gasteiger partial charge in [-0.25, -0.2) is 0 Å². The SMILES string of the molecule is OCc1[c-]cccc1.[Pd+][I].c1ccc([PH+](c2ccccc2)c2ccccc2)cc1.c1ccc([PH+](c2ccccc2)c2ccccc2)cc1. The molecule has 1 N–H and O–H groups in total. The fourth-order valence-corrected chi connectivity index (χ4v) is 10.3. The first-order valence-electron chi connectivity index (χ1n) is 15.6.